The fourth-order valence-electron chi connectivity index (χ4n) is 17.1. The van der Waals surface area contributed by atoms with Gasteiger partial charge in [-0.05, 0) is 98.6 Å². The molecule has 2 aromatic carbocycles. The van der Waals surface area contributed by atoms with Crippen molar-refractivity contribution in [1.82, 2.24) is 9.80 Å². The molecule has 0 radical (unpaired) electrons. The Bertz CT molecular complexity index is 4110. The van der Waals surface area contributed by atoms with E-state index in [1.165, 1.54) is 33.3 Å². The fraction of sp³-hybridized carbons (Fsp3) is 0.588. The molecule has 2 saturated carbocycles. The molecule has 21 atom stereocenters. The Balaban J connectivity index is 1.24. The largest absolute Gasteiger partial charge is 0.871 e. The lowest BCUT2D eigenvalue weighted by atomic mass is 9.55. The van der Waals surface area contributed by atoms with Crippen molar-refractivity contribution in [3.63, 3.8) is 0 Å². The molecule has 0 spiro atoms. The van der Waals surface area contributed by atoms with E-state index >= 15 is 19.8 Å². The summed E-state index contributed by atoms with van der Waals surface area (Å²) in [5.41, 5.74) is -11.2. The molecule has 514 valence electrons. The van der Waals surface area contributed by atoms with Crippen LogP contribution >= 0.6 is 0 Å². The molecule has 4 aliphatic heterocycles. The third-order valence-electron chi connectivity index (χ3n) is 21.2. The highest BCUT2D eigenvalue weighted by atomic mass is 16.7. The van der Waals surface area contributed by atoms with Crippen LogP contribution in [-0.4, -0.2) is 222 Å². The van der Waals surface area contributed by atoms with Crippen molar-refractivity contribution < 1.29 is 107 Å². The average molecular weight is 1330 g/mol. The van der Waals surface area contributed by atoms with Crippen LogP contribution in [-0.2, 0) is 57.0 Å². The summed E-state index contributed by atoms with van der Waals surface area (Å²) in [5.74, 6) is -13.7. The van der Waals surface area contributed by atoms with Crippen molar-refractivity contribution in [2.75, 3.05) is 42.4 Å². The topological polar surface area (TPSA) is 391 Å². The van der Waals surface area contributed by atoms with E-state index in [2.05, 4.69) is 9.95 Å². The number of aromatic hydroxyl groups is 2. The van der Waals surface area contributed by atoms with E-state index in [4.69, 9.17) is 47.4 Å². The molecule has 4 saturated heterocycles. The number of likely N-dealkylation sites (N-methyl/N-ethyl adjacent to an activating group) is 2. The maximum Gasteiger partial charge on any atom is 0.399 e. The van der Waals surface area contributed by atoms with E-state index in [-0.39, 0.29) is 30.9 Å². The van der Waals surface area contributed by atoms with Crippen molar-refractivity contribution in [2.45, 2.75) is 202 Å². The summed E-state index contributed by atoms with van der Waals surface area (Å²) < 4.78 is 68.0. The Morgan fingerprint density at radius 2 is 1.22 bits per heavy atom. The van der Waals surface area contributed by atoms with Crippen LogP contribution in [0, 0.1) is 22.6 Å². The van der Waals surface area contributed by atoms with Gasteiger partial charge in [0.25, 0.3) is 0 Å². The number of hydrogen-bond acceptors (Lipinski definition) is 26. The van der Waals surface area contributed by atoms with Crippen LogP contribution in [0.3, 0.4) is 0 Å². The molecule has 4 heterocycles. The van der Waals surface area contributed by atoms with Gasteiger partial charge in [0.15, 0.2) is 58.2 Å². The summed E-state index contributed by atoms with van der Waals surface area (Å²) in [7, 11) is 9.76. The second kappa shape index (κ2) is 25.6. The number of aliphatic hydroxyl groups is 4. The molecule has 0 bridgehead atoms. The average Bonchev–Trinajstić information content (AvgIpc) is 1.44. The number of allylic oxidation sites excluding steroid dienone is 3. The smallest absolute Gasteiger partial charge is 0.399 e. The maximum atomic E-state index is 17.8. The molecular weight excluding hydrogens is 1250 g/mol. The van der Waals surface area contributed by atoms with Gasteiger partial charge < -0.3 is 98.0 Å². The van der Waals surface area contributed by atoms with E-state index in [1.54, 1.807) is 72.6 Å². The zero-order chi connectivity index (χ0) is 69.4. The molecule has 28 heteroatoms. The number of diazo groups is 2. The number of nitrogens with zero attached hydrogens (tertiary/aromatic N) is 6. The molecule has 6 fully saturated rings. The number of methoxy groups -OCH3 is 2. The van der Waals surface area contributed by atoms with Crippen molar-refractivity contribution in [3.8, 4) is 23.0 Å². The first-order valence-electron chi connectivity index (χ1n) is 32.4. The molecule has 0 aromatic heterocycles. The van der Waals surface area contributed by atoms with Gasteiger partial charge in [-0.3, -0.25) is 19.2 Å². The van der Waals surface area contributed by atoms with Gasteiger partial charge in [0.2, 0.25) is 10.8 Å². The van der Waals surface area contributed by atoms with Gasteiger partial charge in [0.05, 0.1) is 106 Å². The summed E-state index contributed by atoms with van der Waals surface area (Å²) in [4.78, 5) is 74.6. The van der Waals surface area contributed by atoms with Gasteiger partial charge in [0, 0.05) is 66.7 Å². The zero-order valence-electron chi connectivity index (χ0n) is 55.2. The number of phenolic OH excluding ortho intramolecular Hbond substituents is 2. The SMILES string of the molecule is CCC1(OC2CC(O)C(N(C)C)C(C)O2)C2=C([N+]#N)c3c([O-])c4c(c(O)c3=C2C(=O)C(C2C(=O)C3=c5c(O)c6c(c([O-])c5C([N+]#N)=C3C(OC3CC(O)C(N(C)C)C(C)O3)C2(CC)OC2CC(OC)C(O)C(C)O2)=C(O)C=CC6=O)C1OC1CC(OC)CC(C)O1)C(=O)C=CC=4. The van der Waals surface area contributed by atoms with Gasteiger partial charge in [-0.1, -0.05) is 37.5 Å². The monoisotopic (exact) mass is 1330 g/mol. The van der Waals surface area contributed by atoms with Gasteiger partial charge in [0.1, 0.15) is 46.8 Å². The predicted octanol–water partition coefficient (Wildman–Crippen LogP) is 0.756. The number of ether oxygens (including phenoxy) is 10. The van der Waals surface area contributed by atoms with Crippen molar-refractivity contribution in [3.05, 3.63) is 88.5 Å². The molecule has 12 rings (SSSR count). The first-order chi connectivity index (χ1) is 45.6. The molecule has 6 aliphatic carbocycles. The van der Waals surface area contributed by atoms with Gasteiger partial charge in [-0.15, -0.1) is 0 Å². The zero-order valence-corrected chi connectivity index (χ0v) is 55.2. The highest BCUT2D eigenvalue weighted by molar-refractivity contribution is 6.33. The number of phenols is 2. The number of carbonyl (C=O) groups excluding carboxylic acids is 4. The summed E-state index contributed by atoms with van der Waals surface area (Å²) >= 11 is 0. The molecule has 96 heavy (non-hydrogen) atoms. The Hall–Kier alpha value is -7.20. The first-order valence-corrected chi connectivity index (χ1v) is 32.4. The molecular formula is C68H80N6O22. The standard InChI is InChI=1S/C68H80N6O22/c1-13-67(95-39-23-35(79)57(74(9)10)27(5)91-39)52-47(46-49(55(52)72-70)59(81)30-16-15-17-31(75)41(30)60(46)82)63(85)51(66(67)93-37-21-29(87-11)20-25(3)89-37)53-64(86)45-44-48(62(84)43-33(77)19-18-32(76)42(43)61(44)83)54(71-69)50(45)65(94-38-22-34(78)56(73(7)8)26(4)90-38)68(53,14-2)96-40-24-36(88-12)58(80)28(6)92-40/h15-19,25-29,34-40,51,53,56-58,65-66,70,78-80H,13-14,20-24H2,1-12H3,(H2-,75,81,82,83,84,85,86). The Morgan fingerprint density at radius 1 is 0.635 bits per heavy atom. The van der Waals surface area contributed by atoms with Crippen LogP contribution in [0.1, 0.15) is 118 Å². The summed E-state index contributed by atoms with van der Waals surface area (Å²) in [5, 5.41) is 125. The summed E-state index contributed by atoms with van der Waals surface area (Å²) in [6, 6.07) is -1.28. The van der Waals surface area contributed by atoms with E-state index < -0.39 is 264 Å². The third-order valence-corrected chi connectivity index (χ3v) is 21.2. The van der Waals surface area contributed by atoms with E-state index in [1.807, 2.05) is 0 Å². The molecule has 10 aliphatic rings. The van der Waals surface area contributed by atoms with Gasteiger partial charge in [-0.2, -0.15) is 0 Å². The Morgan fingerprint density at radius 3 is 1.82 bits per heavy atom. The van der Waals surface area contributed by atoms with E-state index in [9.17, 15) is 51.0 Å². The summed E-state index contributed by atoms with van der Waals surface area (Å²) in [6.07, 6.45) is -15.0. The first kappa shape index (κ1) is 68.7. The number of aliphatic hydroxyl groups excluding tert-OH is 4. The number of ketones is 4. The summed E-state index contributed by atoms with van der Waals surface area (Å²) in [6.45, 7) is 9.78. The number of fused-ring (bicyclic) bond motifs is 6. The fourth-order valence-corrected chi connectivity index (χ4v) is 17.1. The van der Waals surface area contributed by atoms with Gasteiger partial charge in [-0.25, -0.2) is 0 Å². The molecule has 28 nitrogen and oxygen atoms in total. The second-order valence-corrected chi connectivity index (χ2v) is 26.9. The minimum absolute atomic E-state index is 0.0626. The normalized spacial score (nSPS) is 37.2. The highest BCUT2D eigenvalue weighted by Gasteiger charge is 2.72. The van der Waals surface area contributed by atoms with E-state index in [0.717, 1.165) is 18.2 Å². The number of benzene rings is 2. The second-order valence-electron chi connectivity index (χ2n) is 26.9. The minimum atomic E-state index is -2.59. The van der Waals surface area contributed by atoms with Crippen molar-refractivity contribution in [1.29, 1.82) is 10.8 Å². The number of Topliss-reactive ketones (excluding diaryl/α,β-unsaturated/α-hetero) is 2. The van der Waals surface area contributed by atoms with Crippen LogP contribution in [0.25, 0.3) is 44.3 Å². The lowest BCUT2D eigenvalue weighted by Crippen LogP contribution is -2.70. The van der Waals surface area contributed by atoms with Crippen molar-refractivity contribution in [2.24, 2.45) is 11.8 Å². The van der Waals surface area contributed by atoms with Crippen LogP contribution < -0.4 is 31.1 Å². The van der Waals surface area contributed by atoms with Crippen LogP contribution in [0.15, 0.2) is 35.5 Å². The predicted molar refractivity (Wildman–Crippen MR) is 332 cm³/mol. The highest BCUT2D eigenvalue weighted by Crippen LogP contribution is 2.61. The molecule has 2 aromatic rings. The van der Waals surface area contributed by atoms with Crippen LogP contribution in [0.2, 0.25) is 0 Å². The van der Waals surface area contributed by atoms with Crippen molar-refractivity contribution >= 4 is 57.5 Å². The molecule has 6 N–H and O–H groups in total. The molecule has 21 unspecified atom stereocenters. The van der Waals surface area contributed by atoms with E-state index in [0.29, 0.717) is 6.42 Å². The lowest BCUT2D eigenvalue weighted by molar-refractivity contribution is -0.336. The number of rotatable bonds is 15. The Labute approximate surface area is 551 Å². The van der Waals surface area contributed by atoms with Crippen LogP contribution in [0.5, 0.6) is 23.0 Å². The number of hydrogen-bond donors (Lipinski definition) is 6. The Kier molecular flexibility index (Phi) is 18.3. The number of carbonyl (C=O) groups is 4. The van der Waals surface area contributed by atoms with Crippen LogP contribution in [0.4, 0.5) is 0 Å². The lowest BCUT2D eigenvalue weighted by Gasteiger charge is -2.57. The maximum absolute atomic E-state index is 17.8. The van der Waals surface area contributed by atoms with Gasteiger partial charge >= 0.3 is 11.4 Å². The third kappa shape index (κ3) is 10.4. The minimum Gasteiger partial charge on any atom is -0.871 e. The quantitative estimate of drug-likeness (QED) is 0.134. The molecule has 0 amide bonds.